The van der Waals surface area contributed by atoms with Crippen LogP contribution in [0.3, 0.4) is 0 Å². The molecule has 37 heavy (non-hydrogen) atoms. The average Bonchev–Trinajstić information content (AvgIpc) is 3.31. The molecule has 0 aliphatic carbocycles. The molecule has 1 amide bonds. The lowest BCUT2D eigenvalue weighted by Crippen LogP contribution is -2.28. The summed E-state index contributed by atoms with van der Waals surface area (Å²) in [4.78, 5) is 17.9. The number of rotatable bonds is 12. The molecule has 0 spiro atoms. The van der Waals surface area contributed by atoms with Crippen molar-refractivity contribution in [1.82, 2.24) is 14.9 Å². The van der Waals surface area contributed by atoms with E-state index in [1.165, 1.54) is 0 Å². The Kier molecular flexibility index (Phi) is 8.51. The summed E-state index contributed by atoms with van der Waals surface area (Å²) >= 11 is 0. The van der Waals surface area contributed by atoms with Gasteiger partial charge in [-0.1, -0.05) is 12.1 Å². The molecule has 0 saturated carbocycles. The van der Waals surface area contributed by atoms with E-state index in [9.17, 15) is 4.79 Å². The van der Waals surface area contributed by atoms with Gasteiger partial charge in [0.05, 0.1) is 45.0 Å². The van der Waals surface area contributed by atoms with E-state index < -0.39 is 0 Å². The molecule has 1 aromatic heterocycles. The molecule has 0 aliphatic heterocycles. The molecule has 0 fully saturated rings. The van der Waals surface area contributed by atoms with Gasteiger partial charge in [0.2, 0.25) is 0 Å². The molecule has 194 valence electrons. The van der Waals surface area contributed by atoms with Gasteiger partial charge in [0.1, 0.15) is 17.3 Å². The monoisotopic (exact) mass is 503 g/mol. The summed E-state index contributed by atoms with van der Waals surface area (Å²) in [5.41, 5.74) is 2.43. The number of benzene rings is 3. The van der Waals surface area contributed by atoms with E-state index in [0.29, 0.717) is 23.7 Å². The quantitative estimate of drug-likeness (QED) is 0.260. The predicted molar refractivity (Wildman–Crippen MR) is 143 cm³/mol. The molecule has 4 rings (SSSR count). The second-order valence-corrected chi connectivity index (χ2v) is 8.61. The Balaban J connectivity index is 1.42. The van der Waals surface area contributed by atoms with Gasteiger partial charge in [-0.2, -0.15) is 0 Å². The fraction of sp³-hybridized carbons (Fsp3) is 0.310. The van der Waals surface area contributed by atoms with Gasteiger partial charge < -0.3 is 28.8 Å². The number of nitrogens with one attached hydrogen (secondary N) is 1. The minimum Gasteiger partial charge on any atom is -0.497 e. The standard InChI is InChI=1S/C29H33N3O5/c1-20(30-29(33)21-11-16-26(35-3)27(19-21)36-4)28-31-24-9-5-6-10-25(24)32(28)17-7-8-18-37-23-14-12-22(34-2)13-15-23/h5-6,9-16,19-20H,7-8,17-18H2,1-4H3,(H,30,33). The molecule has 0 aliphatic rings. The first kappa shape index (κ1) is 25.9. The predicted octanol–water partition coefficient (Wildman–Crippen LogP) is 5.41. The molecule has 0 saturated heterocycles. The number of amides is 1. The zero-order chi connectivity index (χ0) is 26.2. The highest BCUT2D eigenvalue weighted by Crippen LogP contribution is 2.28. The van der Waals surface area contributed by atoms with Crippen molar-refractivity contribution < 1.29 is 23.7 Å². The third-order valence-electron chi connectivity index (χ3n) is 6.17. The van der Waals surface area contributed by atoms with Gasteiger partial charge >= 0.3 is 0 Å². The molecule has 1 atom stereocenters. The van der Waals surface area contributed by atoms with Crippen molar-refractivity contribution in [1.29, 1.82) is 0 Å². The Morgan fingerprint density at radius 2 is 1.62 bits per heavy atom. The number of ether oxygens (including phenoxy) is 4. The zero-order valence-corrected chi connectivity index (χ0v) is 21.7. The van der Waals surface area contributed by atoms with E-state index in [1.807, 2.05) is 49.4 Å². The van der Waals surface area contributed by atoms with Crippen molar-refractivity contribution in [3.63, 3.8) is 0 Å². The van der Waals surface area contributed by atoms with Crippen molar-refractivity contribution in [2.45, 2.75) is 32.4 Å². The third kappa shape index (κ3) is 6.14. The second kappa shape index (κ2) is 12.2. The summed E-state index contributed by atoms with van der Waals surface area (Å²) in [5.74, 6) is 3.31. The largest absolute Gasteiger partial charge is 0.497 e. The Labute approximate surface area is 217 Å². The van der Waals surface area contributed by atoms with Crippen LogP contribution in [0.2, 0.25) is 0 Å². The Bertz CT molecular complexity index is 1330. The molecule has 4 aromatic rings. The smallest absolute Gasteiger partial charge is 0.251 e. The van der Waals surface area contributed by atoms with Crippen LogP contribution in [0, 0.1) is 0 Å². The van der Waals surface area contributed by atoms with Crippen molar-refractivity contribution in [3.05, 3.63) is 78.1 Å². The van der Waals surface area contributed by atoms with Gasteiger partial charge in [-0.3, -0.25) is 4.79 Å². The number of hydrogen-bond acceptors (Lipinski definition) is 6. The van der Waals surface area contributed by atoms with E-state index >= 15 is 0 Å². The summed E-state index contributed by atoms with van der Waals surface area (Å²) in [7, 11) is 4.76. The molecular formula is C29H33N3O5. The number of para-hydroxylation sites is 2. The number of carbonyl (C=O) groups excluding carboxylic acids is 1. The summed E-state index contributed by atoms with van der Waals surface area (Å²) in [6.45, 7) is 3.32. The molecule has 3 aromatic carbocycles. The SMILES string of the molecule is COc1ccc(OCCCCn2c(C(C)NC(=O)c3ccc(OC)c(OC)c3)nc3ccccc32)cc1. The van der Waals surface area contributed by atoms with E-state index in [0.717, 1.165) is 47.7 Å². The number of aryl methyl sites for hydroxylation is 1. The number of hydrogen-bond donors (Lipinski definition) is 1. The third-order valence-corrected chi connectivity index (χ3v) is 6.17. The van der Waals surface area contributed by atoms with Crippen LogP contribution in [-0.2, 0) is 6.54 Å². The van der Waals surface area contributed by atoms with E-state index in [4.69, 9.17) is 23.9 Å². The van der Waals surface area contributed by atoms with Crippen molar-refractivity contribution in [3.8, 4) is 23.0 Å². The summed E-state index contributed by atoms with van der Waals surface area (Å²) in [6.07, 6.45) is 1.78. The highest BCUT2D eigenvalue weighted by Gasteiger charge is 2.20. The van der Waals surface area contributed by atoms with E-state index in [-0.39, 0.29) is 11.9 Å². The number of fused-ring (bicyclic) bond motifs is 1. The molecule has 8 nitrogen and oxygen atoms in total. The molecule has 1 heterocycles. The van der Waals surface area contributed by atoms with Gasteiger partial charge in [0.25, 0.3) is 5.91 Å². The number of methoxy groups -OCH3 is 3. The van der Waals surface area contributed by atoms with Gasteiger partial charge in [-0.25, -0.2) is 4.98 Å². The van der Waals surface area contributed by atoms with Crippen LogP contribution in [0.15, 0.2) is 66.7 Å². The fourth-order valence-electron chi connectivity index (χ4n) is 4.22. The second-order valence-electron chi connectivity index (χ2n) is 8.61. The molecule has 1 N–H and O–H groups in total. The van der Waals surface area contributed by atoms with Crippen LogP contribution in [0.1, 0.15) is 42.0 Å². The normalized spacial score (nSPS) is 11.7. The van der Waals surface area contributed by atoms with Crippen LogP contribution < -0.4 is 24.3 Å². The lowest BCUT2D eigenvalue weighted by molar-refractivity contribution is 0.0937. The number of unbranched alkanes of at least 4 members (excludes halogenated alkanes) is 1. The molecule has 1 unspecified atom stereocenters. The summed E-state index contributed by atoms with van der Waals surface area (Å²) in [5, 5.41) is 3.08. The lowest BCUT2D eigenvalue weighted by Gasteiger charge is -2.17. The maximum atomic E-state index is 13.0. The minimum atomic E-state index is -0.302. The van der Waals surface area contributed by atoms with Crippen LogP contribution in [0.5, 0.6) is 23.0 Å². The fourth-order valence-corrected chi connectivity index (χ4v) is 4.22. The van der Waals surface area contributed by atoms with Gasteiger partial charge in [-0.15, -0.1) is 0 Å². The summed E-state index contributed by atoms with van der Waals surface area (Å²) < 4.78 is 23.9. The first-order chi connectivity index (χ1) is 18.0. The average molecular weight is 504 g/mol. The van der Waals surface area contributed by atoms with E-state index in [1.54, 1.807) is 39.5 Å². The van der Waals surface area contributed by atoms with Crippen LogP contribution in [-0.4, -0.2) is 43.4 Å². The number of nitrogens with zero attached hydrogens (tertiary/aromatic N) is 2. The summed E-state index contributed by atoms with van der Waals surface area (Å²) in [6, 6.07) is 20.4. The zero-order valence-electron chi connectivity index (χ0n) is 21.7. The molecule has 8 heteroatoms. The van der Waals surface area contributed by atoms with Crippen molar-refractivity contribution >= 4 is 16.9 Å². The molecule has 0 radical (unpaired) electrons. The van der Waals surface area contributed by atoms with Gasteiger partial charge in [-0.05, 0) is 74.4 Å². The number of carbonyl (C=O) groups is 1. The van der Waals surface area contributed by atoms with Gasteiger partial charge in [0.15, 0.2) is 11.5 Å². The highest BCUT2D eigenvalue weighted by molar-refractivity contribution is 5.95. The first-order valence-electron chi connectivity index (χ1n) is 12.3. The lowest BCUT2D eigenvalue weighted by atomic mass is 10.1. The van der Waals surface area contributed by atoms with E-state index in [2.05, 4.69) is 16.0 Å². The maximum Gasteiger partial charge on any atom is 0.251 e. The highest BCUT2D eigenvalue weighted by atomic mass is 16.5. The molecular weight excluding hydrogens is 470 g/mol. The van der Waals surface area contributed by atoms with Crippen LogP contribution in [0.4, 0.5) is 0 Å². The molecule has 0 bridgehead atoms. The first-order valence-corrected chi connectivity index (χ1v) is 12.3. The topological polar surface area (TPSA) is 83.8 Å². The van der Waals surface area contributed by atoms with Crippen molar-refractivity contribution in [2.75, 3.05) is 27.9 Å². The minimum absolute atomic E-state index is 0.208. The van der Waals surface area contributed by atoms with Crippen LogP contribution in [0.25, 0.3) is 11.0 Å². The number of aromatic nitrogens is 2. The Morgan fingerprint density at radius 1 is 0.892 bits per heavy atom. The Hall–Kier alpha value is -4.20. The Morgan fingerprint density at radius 3 is 2.35 bits per heavy atom. The maximum absolute atomic E-state index is 13.0. The van der Waals surface area contributed by atoms with Crippen molar-refractivity contribution in [2.24, 2.45) is 0 Å². The van der Waals surface area contributed by atoms with Gasteiger partial charge in [0, 0.05) is 12.1 Å². The number of imidazole rings is 1. The van der Waals surface area contributed by atoms with Crippen LogP contribution >= 0.6 is 0 Å².